The molecule has 0 bridgehead atoms. The molecule has 0 atom stereocenters. The lowest BCUT2D eigenvalue weighted by atomic mass is 9.86. The first-order valence-electron chi connectivity index (χ1n) is 10.2. The summed E-state index contributed by atoms with van der Waals surface area (Å²) in [6.45, 7) is 14.1. The minimum absolute atomic E-state index is 0.0595. The molecule has 1 aliphatic rings. The van der Waals surface area contributed by atoms with Gasteiger partial charge < -0.3 is 9.47 Å². The van der Waals surface area contributed by atoms with Crippen molar-refractivity contribution in [2.75, 3.05) is 0 Å². The molecule has 0 spiro atoms. The van der Waals surface area contributed by atoms with Crippen LogP contribution < -0.4 is 0 Å². The van der Waals surface area contributed by atoms with Gasteiger partial charge in [-0.05, 0) is 56.0 Å². The summed E-state index contributed by atoms with van der Waals surface area (Å²) in [6, 6.07) is 12.0. The molecule has 0 aliphatic carbocycles. The predicted octanol–water partition coefficient (Wildman–Crippen LogP) is 4.88. The van der Waals surface area contributed by atoms with Gasteiger partial charge in [-0.2, -0.15) is 5.10 Å². The smallest absolute Gasteiger partial charge is 0.254 e. The molecule has 1 amide bonds. The van der Waals surface area contributed by atoms with Crippen molar-refractivity contribution in [1.29, 1.82) is 0 Å². The number of nitrogens with zero attached hydrogens (tertiary/aromatic N) is 4. The van der Waals surface area contributed by atoms with Crippen LogP contribution in [0.5, 0.6) is 0 Å². The van der Waals surface area contributed by atoms with Gasteiger partial charge >= 0.3 is 0 Å². The van der Waals surface area contributed by atoms with E-state index in [1.807, 2.05) is 41.6 Å². The SMILES string of the molecule is CC(C)(C)c1ccc(C(=O)N2Cc3nn(C(C)(C)C)c(-n4cccc4)c3C2)cc1. The van der Waals surface area contributed by atoms with Crippen LogP contribution in [0.4, 0.5) is 0 Å². The van der Waals surface area contributed by atoms with Crippen molar-refractivity contribution in [2.45, 2.75) is 65.6 Å². The molecule has 0 saturated carbocycles. The van der Waals surface area contributed by atoms with E-state index in [2.05, 4.69) is 62.9 Å². The van der Waals surface area contributed by atoms with E-state index in [4.69, 9.17) is 5.10 Å². The van der Waals surface area contributed by atoms with Gasteiger partial charge in [-0.15, -0.1) is 0 Å². The second kappa shape index (κ2) is 6.61. The van der Waals surface area contributed by atoms with Crippen molar-refractivity contribution in [2.24, 2.45) is 0 Å². The van der Waals surface area contributed by atoms with Gasteiger partial charge in [0.15, 0.2) is 0 Å². The molecule has 1 aromatic carbocycles. The van der Waals surface area contributed by atoms with Crippen LogP contribution in [0.25, 0.3) is 5.82 Å². The quantitative estimate of drug-likeness (QED) is 0.626. The fourth-order valence-corrected chi connectivity index (χ4v) is 3.85. The molecule has 3 aromatic rings. The van der Waals surface area contributed by atoms with E-state index in [1.165, 1.54) is 5.56 Å². The van der Waals surface area contributed by atoms with E-state index in [0.29, 0.717) is 13.1 Å². The minimum atomic E-state index is -0.137. The minimum Gasteiger partial charge on any atom is -0.328 e. The average molecular weight is 391 g/mol. The Hall–Kier alpha value is -2.82. The van der Waals surface area contributed by atoms with E-state index >= 15 is 0 Å². The Labute approximate surface area is 173 Å². The van der Waals surface area contributed by atoms with Crippen LogP contribution in [0.1, 0.15) is 68.7 Å². The number of aromatic nitrogens is 3. The van der Waals surface area contributed by atoms with Crippen molar-refractivity contribution in [3.8, 4) is 5.82 Å². The number of fused-ring (bicyclic) bond motifs is 1. The zero-order chi connectivity index (χ0) is 21.0. The summed E-state index contributed by atoms with van der Waals surface area (Å²) in [7, 11) is 0. The Morgan fingerprint density at radius 3 is 2.10 bits per heavy atom. The first-order valence-corrected chi connectivity index (χ1v) is 10.2. The normalized spacial score (nSPS) is 14.3. The molecule has 3 heterocycles. The molecule has 152 valence electrons. The number of hydrogen-bond donors (Lipinski definition) is 0. The van der Waals surface area contributed by atoms with Gasteiger partial charge in [0, 0.05) is 23.5 Å². The standard InChI is InChI=1S/C24H30N4O/c1-23(2,3)18-11-9-17(10-12-18)22(29)27-15-19-20(16-27)25-28(24(4,5)6)21(19)26-13-7-8-14-26/h7-14H,15-16H2,1-6H3. The largest absolute Gasteiger partial charge is 0.328 e. The van der Waals surface area contributed by atoms with E-state index in [0.717, 1.165) is 22.6 Å². The number of hydrogen-bond acceptors (Lipinski definition) is 2. The summed E-state index contributed by atoms with van der Waals surface area (Å²) in [5.74, 6) is 1.11. The van der Waals surface area contributed by atoms with E-state index in [1.54, 1.807) is 0 Å². The van der Waals surface area contributed by atoms with Crippen molar-refractivity contribution in [3.05, 3.63) is 71.2 Å². The second-order valence-corrected chi connectivity index (χ2v) is 9.91. The third-order valence-corrected chi connectivity index (χ3v) is 5.50. The molecule has 0 saturated heterocycles. The van der Waals surface area contributed by atoms with Gasteiger partial charge in [0.1, 0.15) is 5.82 Å². The molecule has 1 aliphatic heterocycles. The maximum absolute atomic E-state index is 13.1. The van der Waals surface area contributed by atoms with E-state index < -0.39 is 0 Å². The van der Waals surface area contributed by atoms with Crippen LogP contribution in [0, 0.1) is 0 Å². The Bertz CT molecular complexity index is 1030. The molecule has 0 radical (unpaired) electrons. The molecule has 5 nitrogen and oxygen atoms in total. The highest BCUT2D eigenvalue weighted by molar-refractivity contribution is 5.94. The summed E-state index contributed by atoms with van der Waals surface area (Å²) >= 11 is 0. The van der Waals surface area contributed by atoms with Gasteiger partial charge in [-0.25, -0.2) is 4.68 Å². The molecule has 2 aromatic heterocycles. The summed E-state index contributed by atoms with van der Waals surface area (Å²) < 4.78 is 4.18. The van der Waals surface area contributed by atoms with Crippen LogP contribution in [0.3, 0.4) is 0 Å². The monoisotopic (exact) mass is 390 g/mol. The number of carbonyl (C=O) groups excluding carboxylic acids is 1. The van der Waals surface area contributed by atoms with Gasteiger partial charge in [0.25, 0.3) is 5.91 Å². The van der Waals surface area contributed by atoms with Crippen LogP contribution >= 0.6 is 0 Å². The maximum Gasteiger partial charge on any atom is 0.254 e. The summed E-state index contributed by atoms with van der Waals surface area (Å²) in [5, 5.41) is 4.89. The highest BCUT2D eigenvalue weighted by Gasteiger charge is 2.34. The lowest BCUT2D eigenvalue weighted by molar-refractivity contribution is 0.0748. The molecule has 0 unspecified atom stereocenters. The molecule has 4 rings (SSSR count). The molecule has 0 N–H and O–H groups in total. The Kier molecular flexibility index (Phi) is 4.45. The van der Waals surface area contributed by atoms with Crippen LogP contribution in [0.15, 0.2) is 48.8 Å². The van der Waals surface area contributed by atoms with E-state index in [-0.39, 0.29) is 16.9 Å². The van der Waals surface area contributed by atoms with Crippen molar-refractivity contribution < 1.29 is 4.79 Å². The summed E-state index contributed by atoms with van der Waals surface area (Å²) in [4.78, 5) is 15.0. The summed E-state index contributed by atoms with van der Waals surface area (Å²) in [5.41, 5.74) is 4.03. The number of amides is 1. The van der Waals surface area contributed by atoms with Crippen LogP contribution in [-0.4, -0.2) is 25.2 Å². The maximum atomic E-state index is 13.1. The number of rotatable bonds is 2. The molecule has 29 heavy (non-hydrogen) atoms. The van der Waals surface area contributed by atoms with Gasteiger partial charge in [0.2, 0.25) is 0 Å². The zero-order valence-electron chi connectivity index (χ0n) is 18.2. The van der Waals surface area contributed by atoms with Gasteiger partial charge in [-0.3, -0.25) is 4.79 Å². The summed E-state index contributed by atoms with van der Waals surface area (Å²) in [6.07, 6.45) is 4.07. The number of benzene rings is 1. The topological polar surface area (TPSA) is 43.1 Å². The average Bonchev–Trinajstić information content (AvgIpc) is 3.35. The van der Waals surface area contributed by atoms with Crippen molar-refractivity contribution in [1.82, 2.24) is 19.2 Å². The first kappa shape index (κ1) is 19.5. The third-order valence-electron chi connectivity index (χ3n) is 5.50. The lowest BCUT2D eigenvalue weighted by Crippen LogP contribution is -2.29. The Balaban J connectivity index is 1.63. The fourth-order valence-electron chi connectivity index (χ4n) is 3.85. The van der Waals surface area contributed by atoms with Crippen LogP contribution in [-0.2, 0) is 24.0 Å². The molecule has 5 heteroatoms. The van der Waals surface area contributed by atoms with Crippen LogP contribution in [0.2, 0.25) is 0 Å². The number of carbonyl (C=O) groups is 1. The van der Waals surface area contributed by atoms with E-state index in [9.17, 15) is 4.79 Å². The highest BCUT2D eigenvalue weighted by atomic mass is 16.2. The first-order chi connectivity index (χ1) is 13.6. The third kappa shape index (κ3) is 3.50. The molecule has 0 fully saturated rings. The fraction of sp³-hybridized carbons (Fsp3) is 0.417. The second-order valence-electron chi connectivity index (χ2n) is 9.91. The molecular weight excluding hydrogens is 360 g/mol. The molecular formula is C24H30N4O. The van der Waals surface area contributed by atoms with Gasteiger partial charge in [-0.1, -0.05) is 32.9 Å². The van der Waals surface area contributed by atoms with Crippen molar-refractivity contribution in [3.63, 3.8) is 0 Å². The lowest BCUT2D eigenvalue weighted by Gasteiger charge is -2.25. The predicted molar refractivity (Wildman–Crippen MR) is 115 cm³/mol. The van der Waals surface area contributed by atoms with Crippen molar-refractivity contribution >= 4 is 5.91 Å². The Morgan fingerprint density at radius 1 is 0.931 bits per heavy atom. The zero-order valence-corrected chi connectivity index (χ0v) is 18.2. The highest BCUT2D eigenvalue weighted by Crippen LogP contribution is 2.33. The van der Waals surface area contributed by atoms with Gasteiger partial charge in [0.05, 0.1) is 24.3 Å². The Morgan fingerprint density at radius 2 is 1.55 bits per heavy atom.